The summed E-state index contributed by atoms with van der Waals surface area (Å²) in [5, 5.41) is 7.99. The molecule has 24 heavy (non-hydrogen) atoms. The van der Waals surface area contributed by atoms with Crippen molar-refractivity contribution in [2.45, 2.75) is 6.92 Å². The number of aryl methyl sites for hydroxylation is 1. The average Bonchev–Trinajstić information content (AvgIpc) is 2.97. The summed E-state index contributed by atoms with van der Waals surface area (Å²) in [5.41, 5.74) is 5.09. The second kappa shape index (κ2) is 7.23. The van der Waals surface area contributed by atoms with E-state index in [0.717, 1.165) is 15.6 Å². The SMILES string of the molecule is Cc1onc(-c2ccccc2)c1C(=O)NN=Cc1cccc(Br)c1. The van der Waals surface area contributed by atoms with Crippen molar-refractivity contribution < 1.29 is 9.32 Å². The summed E-state index contributed by atoms with van der Waals surface area (Å²) in [7, 11) is 0. The van der Waals surface area contributed by atoms with Crippen LogP contribution in [0.5, 0.6) is 0 Å². The van der Waals surface area contributed by atoms with Crippen molar-refractivity contribution in [3.8, 4) is 11.3 Å². The van der Waals surface area contributed by atoms with Crippen molar-refractivity contribution in [3.63, 3.8) is 0 Å². The molecule has 0 bridgehead atoms. The van der Waals surface area contributed by atoms with E-state index >= 15 is 0 Å². The lowest BCUT2D eigenvalue weighted by molar-refractivity contribution is 0.0954. The van der Waals surface area contributed by atoms with Crippen LogP contribution in [0.4, 0.5) is 0 Å². The van der Waals surface area contributed by atoms with Crippen molar-refractivity contribution in [3.05, 3.63) is 76.0 Å². The van der Waals surface area contributed by atoms with E-state index in [1.54, 1.807) is 13.1 Å². The second-order valence-corrected chi connectivity index (χ2v) is 6.00. The number of hydrogen-bond donors (Lipinski definition) is 1. The molecule has 1 amide bonds. The number of carbonyl (C=O) groups is 1. The van der Waals surface area contributed by atoms with Gasteiger partial charge in [-0.1, -0.05) is 63.6 Å². The van der Waals surface area contributed by atoms with E-state index in [1.165, 1.54) is 0 Å². The predicted molar refractivity (Wildman–Crippen MR) is 95.9 cm³/mol. The van der Waals surface area contributed by atoms with Gasteiger partial charge in [0.2, 0.25) is 0 Å². The normalized spacial score (nSPS) is 10.9. The van der Waals surface area contributed by atoms with Gasteiger partial charge in [0.25, 0.3) is 5.91 Å². The van der Waals surface area contributed by atoms with Crippen molar-refractivity contribution in [1.82, 2.24) is 10.6 Å². The summed E-state index contributed by atoms with van der Waals surface area (Å²) in [6.45, 7) is 1.70. The fourth-order valence-electron chi connectivity index (χ4n) is 2.24. The number of amides is 1. The molecule has 0 spiro atoms. The Morgan fingerprint density at radius 2 is 2.00 bits per heavy atom. The molecule has 0 radical (unpaired) electrons. The van der Waals surface area contributed by atoms with Crippen LogP contribution < -0.4 is 5.43 Å². The zero-order valence-electron chi connectivity index (χ0n) is 12.9. The first-order valence-corrected chi connectivity index (χ1v) is 8.05. The maximum absolute atomic E-state index is 12.4. The lowest BCUT2D eigenvalue weighted by atomic mass is 10.1. The number of benzene rings is 2. The molecule has 0 saturated heterocycles. The number of nitrogens with one attached hydrogen (secondary N) is 1. The summed E-state index contributed by atoms with van der Waals surface area (Å²) >= 11 is 3.39. The molecule has 3 aromatic rings. The summed E-state index contributed by atoms with van der Waals surface area (Å²) in [5.74, 6) is 0.0860. The first kappa shape index (κ1) is 16.1. The molecule has 0 aliphatic carbocycles. The molecule has 3 rings (SSSR count). The molecule has 1 heterocycles. The van der Waals surface area contributed by atoms with E-state index in [0.29, 0.717) is 17.0 Å². The van der Waals surface area contributed by atoms with Gasteiger partial charge in [0, 0.05) is 10.0 Å². The van der Waals surface area contributed by atoms with E-state index in [4.69, 9.17) is 4.52 Å². The number of hydrazone groups is 1. The topological polar surface area (TPSA) is 67.5 Å². The molecule has 0 saturated carbocycles. The first-order valence-electron chi connectivity index (χ1n) is 7.26. The molecule has 1 N–H and O–H groups in total. The molecule has 0 aliphatic heterocycles. The second-order valence-electron chi connectivity index (χ2n) is 5.08. The fourth-order valence-corrected chi connectivity index (χ4v) is 2.66. The van der Waals surface area contributed by atoms with Crippen LogP contribution in [-0.2, 0) is 0 Å². The molecule has 5 nitrogen and oxygen atoms in total. The van der Waals surface area contributed by atoms with Gasteiger partial charge in [-0.3, -0.25) is 4.79 Å². The van der Waals surface area contributed by atoms with Gasteiger partial charge < -0.3 is 4.52 Å². The number of carbonyl (C=O) groups excluding carboxylic acids is 1. The minimum absolute atomic E-state index is 0.362. The van der Waals surface area contributed by atoms with Crippen LogP contribution in [0.25, 0.3) is 11.3 Å². The van der Waals surface area contributed by atoms with Gasteiger partial charge in [0.05, 0.1) is 6.21 Å². The molecule has 6 heteroatoms. The maximum Gasteiger partial charge on any atom is 0.277 e. The Hall–Kier alpha value is -2.73. The Morgan fingerprint density at radius 1 is 1.21 bits per heavy atom. The number of halogens is 1. The Labute approximate surface area is 147 Å². The minimum atomic E-state index is -0.362. The Morgan fingerprint density at radius 3 is 2.75 bits per heavy atom. The Bertz CT molecular complexity index is 888. The highest BCUT2D eigenvalue weighted by Gasteiger charge is 2.21. The third kappa shape index (κ3) is 3.60. The van der Waals surface area contributed by atoms with Crippen LogP contribution in [0.15, 0.2) is 68.7 Å². The van der Waals surface area contributed by atoms with E-state index in [1.807, 2.05) is 54.6 Å². The first-order chi connectivity index (χ1) is 11.6. The molecule has 0 fully saturated rings. The number of nitrogens with zero attached hydrogens (tertiary/aromatic N) is 2. The van der Waals surface area contributed by atoms with Crippen molar-refractivity contribution >= 4 is 28.1 Å². The number of hydrogen-bond acceptors (Lipinski definition) is 4. The molecule has 1 aromatic heterocycles. The highest BCUT2D eigenvalue weighted by molar-refractivity contribution is 9.10. The van der Waals surface area contributed by atoms with Gasteiger partial charge >= 0.3 is 0 Å². The summed E-state index contributed by atoms with van der Waals surface area (Å²) < 4.78 is 6.13. The van der Waals surface area contributed by atoms with Gasteiger partial charge in [-0.2, -0.15) is 5.10 Å². The van der Waals surface area contributed by atoms with Gasteiger partial charge in [0.1, 0.15) is 17.0 Å². The quantitative estimate of drug-likeness (QED) is 0.542. The van der Waals surface area contributed by atoms with Gasteiger partial charge in [0.15, 0.2) is 0 Å². The van der Waals surface area contributed by atoms with E-state index in [2.05, 4.69) is 31.6 Å². The van der Waals surface area contributed by atoms with Crippen molar-refractivity contribution in [2.75, 3.05) is 0 Å². The average molecular weight is 384 g/mol. The van der Waals surface area contributed by atoms with Crippen LogP contribution in [0.3, 0.4) is 0 Å². The molecular formula is C18H14BrN3O2. The van der Waals surface area contributed by atoms with Gasteiger partial charge in [-0.15, -0.1) is 0 Å². The number of rotatable bonds is 4. The van der Waals surface area contributed by atoms with E-state index in [-0.39, 0.29) is 5.91 Å². The largest absolute Gasteiger partial charge is 0.360 e. The van der Waals surface area contributed by atoms with Gasteiger partial charge in [-0.25, -0.2) is 5.43 Å². The highest BCUT2D eigenvalue weighted by atomic mass is 79.9. The third-order valence-corrected chi connectivity index (χ3v) is 3.86. The molecule has 0 atom stereocenters. The summed E-state index contributed by atoms with van der Waals surface area (Å²) in [6.07, 6.45) is 1.58. The van der Waals surface area contributed by atoms with Crippen molar-refractivity contribution in [1.29, 1.82) is 0 Å². The Kier molecular flexibility index (Phi) is 4.86. The molecule has 2 aromatic carbocycles. The molecular weight excluding hydrogens is 370 g/mol. The minimum Gasteiger partial charge on any atom is -0.360 e. The molecule has 0 aliphatic rings. The van der Waals surface area contributed by atoms with E-state index in [9.17, 15) is 4.79 Å². The van der Waals surface area contributed by atoms with E-state index < -0.39 is 0 Å². The fraction of sp³-hybridized carbons (Fsp3) is 0.0556. The Balaban J connectivity index is 1.80. The monoisotopic (exact) mass is 383 g/mol. The van der Waals surface area contributed by atoms with Crippen LogP contribution >= 0.6 is 15.9 Å². The predicted octanol–water partition coefficient (Wildman–Crippen LogP) is 4.18. The van der Waals surface area contributed by atoms with Gasteiger partial charge in [-0.05, 0) is 24.6 Å². The van der Waals surface area contributed by atoms with Crippen LogP contribution in [-0.4, -0.2) is 17.3 Å². The molecule has 0 unspecified atom stereocenters. The third-order valence-electron chi connectivity index (χ3n) is 3.37. The number of aromatic nitrogens is 1. The van der Waals surface area contributed by atoms with Crippen LogP contribution in [0.1, 0.15) is 21.7 Å². The van der Waals surface area contributed by atoms with Crippen LogP contribution in [0, 0.1) is 6.92 Å². The summed E-state index contributed by atoms with van der Waals surface area (Å²) in [6, 6.07) is 17.0. The maximum atomic E-state index is 12.4. The lowest BCUT2D eigenvalue weighted by Crippen LogP contribution is -2.18. The van der Waals surface area contributed by atoms with Crippen molar-refractivity contribution in [2.24, 2.45) is 5.10 Å². The smallest absolute Gasteiger partial charge is 0.277 e. The highest BCUT2D eigenvalue weighted by Crippen LogP contribution is 2.24. The summed E-state index contributed by atoms with van der Waals surface area (Å²) in [4.78, 5) is 12.4. The molecule has 120 valence electrons. The zero-order chi connectivity index (χ0) is 16.9. The zero-order valence-corrected chi connectivity index (χ0v) is 14.4. The standard InChI is InChI=1S/C18H14BrN3O2/c1-12-16(17(22-24-12)14-7-3-2-4-8-14)18(23)21-20-11-13-6-5-9-15(19)10-13/h2-11H,1H3,(H,21,23). The van der Waals surface area contributed by atoms with Crippen LogP contribution in [0.2, 0.25) is 0 Å². The lowest BCUT2D eigenvalue weighted by Gasteiger charge is -2.01.